The standard InChI is InChI=1S/C7H5N2O.Y/c1-5-7-6(10-9-5)3-2-4-8-7;/h2,4H,1H3;/q-1;. The van der Waals surface area contributed by atoms with Crippen LogP contribution in [0.2, 0.25) is 0 Å². The maximum Gasteiger partial charge on any atom is 0.0731 e. The zero-order valence-corrected chi connectivity index (χ0v) is 8.87. The van der Waals surface area contributed by atoms with E-state index in [-0.39, 0.29) is 32.7 Å². The van der Waals surface area contributed by atoms with Gasteiger partial charge in [0.1, 0.15) is 0 Å². The molecule has 0 fully saturated rings. The Hall–Kier alpha value is -0.276. The Morgan fingerprint density at radius 3 is 3.09 bits per heavy atom. The van der Waals surface area contributed by atoms with Gasteiger partial charge in [0.15, 0.2) is 0 Å². The number of nitrogens with zero attached hydrogens (tertiary/aromatic N) is 2. The summed E-state index contributed by atoms with van der Waals surface area (Å²) in [6.07, 6.45) is 1.67. The van der Waals surface area contributed by atoms with Crippen molar-refractivity contribution >= 4 is 11.1 Å². The van der Waals surface area contributed by atoms with E-state index in [1.165, 1.54) is 0 Å². The molecule has 2 aromatic heterocycles. The van der Waals surface area contributed by atoms with Crippen LogP contribution in [-0.4, -0.2) is 10.1 Å². The van der Waals surface area contributed by atoms with Gasteiger partial charge in [0.05, 0.1) is 11.3 Å². The Kier molecular flexibility index (Phi) is 2.74. The third-order valence-electron chi connectivity index (χ3n) is 1.32. The zero-order chi connectivity index (χ0) is 6.97. The van der Waals surface area contributed by atoms with E-state index in [9.17, 15) is 0 Å². The molecule has 0 aliphatic rings. The van der Waals surface area contributed by atoms with Gasteiger partial charge in [0, 0.05) is 38.2 Å². The van der Waals surface area contributed by atoms with Crippen LogP contribution in [0, 0.1) is 13.0 Å². The second-order valence-electron chi connectivity index (χ2n) is 2.03. The minimum atomic E-state index is 0. The first-order chi connectivity index (χ1) is 4.88. The smallest absolute Gasteiger partial charge is 0.0731 e. The van der Waals surface area contributed by atoms with Crippen molar-refractivity contribution in [2.24, 2.45) is 0 Å². The molecule has 3 nitrogen and oxygen atoms in total. The predicted molar refractivity (Wildman–Crippen MR) is 35.4 cm³/mol. The van der Waals surface area contributed by atoms with Gasteiger partial charge in [-0.05, 0) is 6.92 Å². The predicted octanol–water partition coefficient (Wildman–Crippen LogP) is 1.33. The van der Waals surface area contributed by atoms with Crippen molar-refractivity contribution in [3.05, 3.63) is 24.0 Å². The molecule has 0 atom stereocenters. The first kappa shape index (κ1) is 8.82. The summed E-state index contributed by atoms with van der Waals surface area (Å²) in [6.45, 7) is 1.85. The number of hydrogen-bond donors (Lipinski definition) is 0. The van der Waals surface area contributed by atoms with Crippen molar-refractivity contribution in [1.29, 1.82) is 0 Å². The average Bonchev–Trinajstić information content (AvgIpc) is 2.34. The van der Waals surface area contributed by atoms with Crippen LogP contribution in [0.25, 0.3) is 11.1 Å². The third kappa shape index (κ3) is 1.49. The van der Waals surface area contributed by atoms with Crippen LogP contribution in [0.4, 0.5) is 0 Å². The molecule has 2 heterocycles. The van der Waals surface area contributed by atoms with E-state index in [0.717, 1.165) is 11.2 Å². The summed E-state index contributed by atoms with van der Waals surface area (Å²) < 4.78 is 4.88. The molecule has 4 heteroatoms. The number of rotatable bonds is 0. The van der Waals surface area contributed by atoms with Crippen molar-refractivity contribution in [3.8, 4) is 0 Å². The average molecular weight is 222 g/mol. The van der Waals surface area contributed by atoms with Crippen LogP contribution in [-0.2, 0) is 32.7 Å². The van der Waals surface area contributed by atoms with E-state index in [1.54, 1.807) is 12.3 Å². The van der Waals surface area contributed by atoms with Gasteiger partial charge >= 0.3 is 0 Å². The van der Waals surface area contributed by atoms with Gasteiger partial charge in [-0.15, -0.1) is 6.07 Å². The van der Waals surface area contributed by atoms with Crippen LogP contribution in [0.5, 0.6) is 0 Å². The Morgan fingerprint density at radius 2 is 2.36 bits per heavy atom. The normalized spacial score (nSPS) is 9.55. The van der Waals surface area contributed by atoms with Gasteiger partial charge < -0.3 is 9.51 Å². The van der Waals surface area contributed by atoms with Crippen LogP contribution in [0.15, 0.2) is 16.8 Å². The molecule has 0 N–H and O–H groups in total. The molecule has 0 spiro atoms. The van der Waals surface area contributed by atoms with E-state index in [4.69, 9.17) is 4.52 Å². The fraction of sp³-hybridized carbons (Fsp3) is 0.143. The molecule has 53 valence electrons. The minimum Gasteiger partial charge on any atom is -0.382 e. The van der Waals surface area contributed by atoms with Gasteiger partial charge in [0.25, 0.3) is 0 Å². The van der Waals surface area contributed by atoms with Crippen molar-refractivity contribution in [2.45, 2.75) is 6.92 Å². The van der Waals surface area contributed by atoms with E-state index in [2.05, 4.69) is 16.2 Å². The summed E-state index contributed by atoms with van der Waals surface area (Å²) in [6, 6.07) is 4.58. The Balaban J connectivity index is 0.000000605. The summed E-state index contributed by atoms with van der Waals surface area (Å²) in [4.78, 5) is 4.05. The van der Waals surface area contributed by atoms with Crippen LogP contribution >= 0.6 is 0 Å². The molecule has 0 saturated heterocycles. The van der Waals surface area contributed by atoms with E-state index < -0.39 is 0 Å². The largest absolute Gasteiger partial charge is 0.382 e. The van der Waals surface area contributed by atoms with Crippen molar-refractivity contribution < 1.29 is 37.2 Å². The number of aryl methyl sites for hydroxylation is 1. The van der Waals surface area contributed by atoms with Gasteiger partial charge in [-0.3, -0.25) is 0 Å². The fourth-order valence-electron chi connectivity index (χ4n) is 0.836. The molecule has 0 saturated carbocycles. The monoisotopic (exact) mass is 222 g/mol. The molecule has 0 amide bonds. The summed E-state index contributed by atoms with van der Waals surface area (Å²) in [7, 11) is 0. The van der Waals surface area contributed by atoms with Gasteiger partial charge in [0.2, 0.25) is 0 Å². The quantitative estimate of drug-likeness (QED) is 0.631. The number of aromatic nitrogens is 2. The van der Waals surface area contributed by atoms with Crippen molar-refractivity contribution in [2.75, 3.05) is 0 Å². The van der Waals surface area contributed by atoms with Crippen LogP contribution < -0.4 is 0 Å². The summed E-state index contributed by atoms with van der Waals surface area (Å²) in [5.41, 5.74) is 2.23. The summed E-state index contributed by atoms with van der Waals surface area (Å²) in [5.74, 6) is 0. The maximum atomic E-state index is 4.88. The molecular formula is C7H5N2OY-. The third-order valence-corrected chi connectivity index (χ3v) is 1.32. The van der Waals surface area contributed by atoms with E-state index in [0.29, 0.717) is 5.58 Å². The van der Waals surface area contributed by atoms with Gasteiger partial charge in [-0.2, -0.15) is 6.07 Å². The topological polar surface area (TPSA) is 38.9 Å². The second kappa shape index (κ2) is 3.41. The molecule has 0 unspecified atom stereocenters. The Bertz CT molecular complexity index is 358. The molecule has 1 radical (unpaired) electrons. The van der Waals surface area contributed by atoms with Gasteiger partial charge in [-0.25, -0.2) is 0 Å². The number of hydrogen-bond acceptors (Lipinski definition) is 3. The summed E-state index contributed by atoms with van der Waals surface area (Å²) >= 11 is 0. The summed E-state index contributed by atoms with van der Waals surface area (Å²) in [5, 5.41) is 3.73. The first-order valence-corrected chi connectivity index (χ1v) is 2.96. The zero-order valence-electron chi connectivity index (χ0n) is 6.03. The second-order valence-corrected chi connectivity index (χ2v) is 2.03. The van der Waals surface area contributed by atoms with Crippen molar-refractivity contribution in [3.63, 3.8) is 0 Å². The van der Waals surface area contributed by atoms with E-state index in [1.807, 2.05) is 6.92 Å². The maximum absolute atomic E-state index is 4.88. The Labute approximate surface area is 89.0 Å². The molecule has 0 aliphatic carbocycles. The first-order valence-electron chi connectivity index (χ1n) is 2.96. The van der Waals surface area contributed by atoms with E-state index >= 15 is 0 Å². The molecule has 0 aromatic carbocycles. The number of pyridine rings is 1. The van der Waals surface area contributed by atoms with Crippen LogP contribution in [0.1, 0.15) is 5.69 Å². The number of fused-ring (bicyclic) bond motifs is 1. The molecule has 2 aromatic rings. The molecule has 2 rings (SSSR count). The fourth-order valence-corrected chi connectivity index (χ4v) is 0.836. The van der Waals surface area contributed by atoms with Gasteiger partial charge in [-0.1, -0.05) is 11.4 Å². The molecular weight excluding hydrogens is 217 g/mol. The van der Waals surface area contributed by atoms with Crippen molar-refractivity contribution in [1.82, 2.24) is 10.1 Å². The van der Waals surface area contributed by atoms with Crippen LogP contribution in [0.3, 0.4) is 0 Å². The Morgan fingerprint density at radius 1 is 1.55 bits per heavy atom. The minimum absolute atomic E-state index is 0. The SMILES string of the molecule is Cc1noc2[c-]ccnc12.[Y]. The molecule has 0 aliphatic heterocycles. The molecule has 11 heavy (non-hydrogen) atoms. The molecule has 0 bridgehead atoms.